The zero-order valence-corrected chi connectivity index (χ0v) is 47.4. The van der Waals surface area contributed by atoms with Crippen molar-refractivity contribution in [2.75, 3.05) is 62.3 Å². The van der Waals surface area contributed by atoms with Gasteiger partial charge in [0.25, 0.3) is 11.8 Å². The highest BCUT2D eigenvalue weighted by atomic mass is 35.5. The molecule has 2 fully saturated rings. The molecule has 4 heterocycles. The van der Waals surface area contributed by atoms with Gasteiger partial charge in [0.15, 0.2) is 0 Å². The molecule has 3 amide bonds. The molecule has 3 N–H and O–H groups in total. The van der Waals surface area contributed by atoms with Crippen LogP contribution in [-0.2, 0) is 39.2 Å². The van der Waals surface area contributed by atoms with Crippen LogP contribution >= 0.6 is 34.8 Å². The first-order valence-corrected chi connectivity index (χ1v) is 28.7. The topological polar surface area (TPSA) is 226 Å². The fourth-order valence-corrected chi connectivity index (χ4v) is 11.2. The van der Waals surface area contributed by atoms with E-state index in [1.54, 1.807) is 45.3 Å². The van der Waals surface area contributed by atoms with Crippen LogP contribution < -0.4 is 30.3 Å². The van der Waals surface area contributed by atoms with Crippen LogP contribution in [0.15, 0.2) is 106 Å². The lowest BCUT2D eigenvalue weighted by molar-refractivity contribution is -0.275. The van der Waals surface area contributed by atoms with Crippen molar-refractivity contribution in [3.05, 3.63) is 129 Å². The molecule has 29 heteroatoms. The summed E-state index contributed by atoms with van der Waals surface area (Å²) in [6, 6.07) is 21.0. The largest absolute Gasteiger partial charge is 0.573 e. The Balaban J connectivity index is 0.000000242. The summed E-state index contributed by atoms with van der Waals surface area (Å²) in [7, 11) is -4.16. The van der Waals surface area contributed by atoms with Crippen LogP contribution in [0.1, 0.15) is 59.1 Å². The maximum atomic E-state index is 13.0. The molecular weight excluding hydrogens is 1180 g/mol. The molecule has 0 atom stereocenters. The van der Waals surface area contributed by atoms with Gasteiger partial charge in [-0.25, -0.2) is 16.8 Å². The first kappa shape index (κ1) is 63.6. The minimum Gasteiger partial charge on any atom is -0.406 e. The summed E-state index contributed by atoms with van der Waals surface area (Å²) in [6.45, 7) is 3.88. The van der Waals surface area contributed by atoms with Crippen LogP contribution in [0.3, 0.4) is 0 Å². The molecule has 0 bridgehead atoms. The molecule has 2 saturated heterocycles. The summed E-state index contributed by atoms with van der Waals surface area (Å²) in [5.74, 6) is -2.02. The molecule has 18 nitrogen and oxygen atoms in total. The molecule has 4 aliphatic heterocycles. The zero-order valence-electron chi connectivity index (χ0n) is 43.5. The number of halogens is 9. The lowest BCUT2D eigenvalue weighted by Crippen LogP contribution is -2.50. The van der Waals surface area contributed by atoms with Crippen molar-refractivity contribution in [1.82, 2.24) is 19.2 Å². The molecule has 2 spiro atoms. The smallest absolute Gasteiger partial charge is 0.406 e. The summed E-state index contributed by atoms with van der Waals surface area (Å²) in [4.78, 5) is 57.3. The number of ether oxygens (including phenoxy) is 2. The predicted molar refractivity (Wildman–Crippen MR) is 296 cm³/mol. The minimum absolute atomic E-state index is 0.0251. The number of nitrogens with zero attached hydrogens (tertiary/aromatic N) is 5. The quantitative estimate of drug-likeness (QED) is 0.0617. The van der Waals surface area contributed by atoms with Crippen molar-refractivity contribution in [2.24, 2.45) is 9.98 Å². The Morgan fingerprint density at radius 3 is 1.44 bits per heavy atom. The van der Waals surface area contributed by atoms with Gasteiger partial charge in [-0.15, -0.1) is 49.5 Å². The van der Waals surface area contributed by atoms with Gasteiger partial charge in [0.2, 0.25) is 31.2 Å². The number of amidine groups is 2. The number of carbonyl (C=O) groups is 4. The predicted octanol–water partition coefficient (Wildman–Crippen LogP) is 8.44. The van der Waals surface area contributed by atoms with Gasteiger partial charge in [-0.05, 0) is 134 Å². The van der Waals surface area contributed by atoms with Crippen LogP contribution in [0.25, 0.3) is 12.2 Å². The number of rotatable bonds is 14. The summed E-state index contributed by atoms with van der Waals surface area (Å²) < 4.78 is 138. The van der Waals surface area contributed by atoms with E-state index in [1.807, 2.05) is 25.1 Å². The van der Waals surface area contributed by atoms with Crippen LogP contribution in [0.5, 0.6) is 11.5 Å². The molecule has 0 aromatic heterocycles. The Bertz CT molecular complexity index is 3380. The molecule has 8 rings (SSSR count). The number of benzene rings is 4. The second kappa shape index (κ2) is 26.1. The summed E-state index contributed by atoms with van der Waals surface area (Å²) >= 11 is 15.2. The van der Waals surface area contributed by atoms with E-state index in [-0.39, 0.29) is 92.3 Å². The average molecular weight is 1230 g/mol. The van der Waals surface area contributed by atoms with Gasteiger partial charge in [-0.2, -0.15) is 8.61 Å². The molecule has 0 saturated carbocycles. The molecule has 4 aliphatic rings. The second-order valence-corrected chi connectivity index (χ2v) is 23.1. The third-order valence-electron chi connectivity index (χ3n) is 13.1. The van der Waals surface area contributed by atoms with Gasteiger partial charge in [0.1, 0.15) is 40.1 Å². The Kier molecular flexibility index (Phi) is 20.5. The Hall–Kier alpha value is -6.55. The number of anilines is 2. The van der Waals surface area contributed by atoms with Crippen LogP contribution in [0.2, 0.25) is 0 Å². The van der Waals surface area contributed by atoms with Gasteiger partial charge < -0.3 is 30.3 Å². The summed E-state index contributed by atoms with van der Waals surface area (Å²) in [5.41, 5.74) is 2.74. The molecule has 0 unspecified atom stereocenters. The van der Waals surface area contributed by atoms with Crippen LogP contribution in [0.4, 0.5) is 37.7 Å². The number of nitrogens with one attached hydrogen (secondary N) is 3. The fraction of sp³-hybridized carbons (Fsp3) is 0.346. The number of hydrogen-bond donors (Lipinski definition) is 3. The van der Waals surface area contributed by atoms with Gasteiger partial charge in [0, 0.05) is 73.6 Å². The van der Waals surface area contributed by atoms with E-state index >= 15 is 0 Å². The molecule has 81 heavy (non-hydrogen) atoms. The molecule has 4 aromatic carbocycles. The van der Waals surface area contributed by atoms with Crippen molar-refractivity contribution in [3.63, 3.8) is 0 Å². The van der Waals surface area contributed by atoms with E-state index < -0.39 is 72.4 Å². The van der Waals surface area contributed by atoms with Crippen molar-refractivity contribution in [1.29, 1.82) is 0 Å². The third kappa shape index (κ3) is 16.8. The molecule has 0 aliphatic carbocycles. The van der Waals surface area contributed by atoms with Gasteiger partial charge in [0.05, 0.1) is 5.88 Å². The first-order chi connectivity index (χ1) is 37.9. The molecule has 0 radical (unpaired) electrons. The lowest BCUT2D eigenvalue weighted by Gasteiger charge is -2.34. The number of amides is 3. The Morgan fingerprint density at radius 1 is 0.679 bits per heavy atom. The third-order valence-corrected chi connectivity index (χ3v) is 17.0. The average Bonchev–Trinajstić information content (AvgIpc) is 3.90. The normalized spacial score (nSPS) is 17.3. The standard InChI is InChI=1S/C26H26ClF3N4O5S.C24H25F3N4O4S.C2H2Cl2O/c1-17-14-20(33(2)22(35)16-27)7-6-18(17)8-13-40(37,38)34-11-9-25(10-12-34)24(36)31-23(32-25)19-4-3-5-21(15-19)39-26(28,29)30;1-16-14-19(28-2)7-6-17(16)8-13-36(33,34)31-11-9-23(10-12-31)22(32)29-21(30-23)18-4-3-5-20(15-18)35-24(25,26)27;3-1-2(4)5/h3-8,13-15H,9-12,16H2,1-2H3,(H,31,32,36);3-8,13-15,28H,9-12H2,1-2H3,(H,29,30,32);1H2/b2*13-8+;. The maximum absolute atomic E-state index is 13.0. The molecule has 436 valence electrons. The summed E-state index contributed by atoms with van der Waals surface area (Å²) in [5, 5.41) is 10.0. The van der Waals surface area contributed by atoms with Crippen molar-refractivity contribution >= 4 is 113 Å². The number of aliphatic imine (C=N–C) groups is 2. The Morgan fingerprint density at radius 2 is 1.09 bits per heavy atom. The van der Waals surface area contributed by atoms with Crippen molar-refractivity contribution < 1.29 is 71.8 Å². The number of alkyl halides is 8. The lowest BCUT2D eigenvalue weighted by atomic mass is 9.89. The number of piperidine rings is 2. The van der Waals surface area contributed by atoms with Gasteiger partial charge in [-0.3, -0.25) is 29.2 Å². The minimum atomic E-state index is -4.86. The summed E-state index contributed by atoms with van der Waals surface area (Å²) in [6.07, 6.45) is -6.21. The fourth-order valence-electron chi connectivity index (χ4n) is 8.68. The van der Waals surface area contributed by atoms with E-state index in [4.69, 9.17) is 34.8 Å². The maximum Gasteiger partial charge on any atom is 0.573 e. The SMILES string of the molecule is CNc1ccc(/C=C/S(=O)(=O)N2CCC3(CC2)N=C(c2cccc(OC(F)(F)F)c2)NC3=O)c(C)c1.Cc1cc(N(C)C(=O)CCl)ccc1/C=C/S(=O)(=O)N1CCC2(CC1)N=C(c1cccc(OC(F)(F)F)c1)NC2=O.O=C(Cl)CCl. The first-order valence-electron chi connectivity index (χ1n) is 24.3. The van der Waals surface area contributed by atoms with E-state index in [0.29, 0.717) is 11.3 Å². The van der Waals surface area contributed by atoms with Gasteiger partial charge >= 0.3 is 12.7 Å². The monoisotopic (exact) mass is 1230 g/mol. The number of hydrogen-bond acceptors (Lipinski definition) is 13. The zero-order chi connectivity index (χ0) is 59.7. The number of sulfonamides is 2. The highest BCUT2D eigenvalue weighted by Gasteiger charge is 2.49. The number of aryl methyl sites for hydroxylation is 2. The second-order valence-electron chi connectivity index (χ2n) is 18.5. The Labute approximate surface area is 477 Å². The van der Waals surface area contributed by atoms with Crippen LogP contribution in [-0.4, -0.2) is 136 Å². The van der Waals surface area contributed by atoms with E-state index in [0.717, 1.165) is 57.5 Å². The van der Waals surface area contributed by atoms with E-state index in [1.165, 1.54) is 43.9 Å². The van der Waals surface area contributed by atoms with E-state index in [2.05, 4.69) is 35.4 Å². The van der Waals surface area contributed by atoms with Gasteiger partial charge in [-0.1, -0.05) is 36.4 Å². The molecule has 4 aromatic rings. The van der Waals surface area contributed by atoms with Crippen molar-refractivity contribution in [2.45, 2.75) is 63.3 Å². The highest BCUT2D eigenvalue weighted by Crippen LogP contribution is 2.36. The number of carbonyl (C=O) groups excluding carboxylic acids is 4. The van der Waals surface area contributed by atoms with E-state index in [9.17, 15) is 62.4 Å². The molecular formula is C52H53Cl3F6N8O10S2. The highest BCUT2D eigenvalue weighted by molar-refractivity contribution is 7.92. The van der Waals surface area contributed by atoms with Crippen molar-refractivity contribution in [3.8, 4) is 11.5 Å². The van der Waals surface area contributed by atoms with Crippen LogP contribution in [0, 0.1) is 13.8 Å².